The molecule has 4 heteroatoms. The summed E-state index contributed by atoms with van der Waals surface area (Å²) < 4.78 is 1.09. The summed E-state index contributed by atoms with van der Waals surface area (Å²) in [5.74, 6) is 0.417. The van der Waals surface area contributed by atoms with Crippen molar-refractivity contribution in [2.75, 3.05) is 19.6 Å². The minimum Gasteiger partial charge on any atom is -0.356 e. The Morgan fingerprint density at radius 1 is 1.39 bits per heavy atom. The van der Waals surface area contributed by atoms with Crippen molar-refractivity contribution in [2.24, 2.45) is 5.92 Å². The number of rotatable bonds is 4. The van der Waals surface area contributed by atoms with Crippen molar-refractivity contribution in [1.29, 1.82) is 0 Å². The highest BCUT2D eigenvalue weighted by atomic mass is 79.9. The van der Waals surface area contributed by atoms with Crippen LogP contribution in [0.4, 0.5) is 0 Å². The molecular weight excluding hydrogens is 292 g/mol. The first-order valence-electron chi connectivity index (χ1n) is 6.48. The minimum atomic E-state index is 0.203. The fourth-order valence-electron chi connectivity index (χ4n) is 2.25. The number of carbonyl (C=O) groups excluding carboxylic acids is 1. The van der Waals surface area contributed by atoms with Crippen LogP contribution in [0.1, 0.15) is 18.4 Å². The number of amides is 1. The molecule has 1 aromatic rings. The fraction of sp³-hybridized carbons (Fsp3) is 0.500. The first-order valence-corrected chi connectivity index (χ1v) is 7.28. The second-order valence-electron chi connectivity index (χ2n) is 4.70. The van der Waals surface area contributed by atoms with Gasteiger partial charge in [-0.1, -0.05) is 28.1 Å². The number of carbonyl (C=O) groups is 1. The highest BCUT2D eigenvalue weighted by molar-refractivity contribution is 9.10. The van der Waals surface area contributed by atoms with Crippen molar-refractivity contribution in [3.05, 3.63) is 34.3 Å². The van der Waals surface area contributed by atoms with Crippen LogP contribution in [0.25, 0.3) is 0 Å². The molecule has 0 saturated carbocycles. The molecule has 3 nitrogen and oxygen atoms in total. The molecular formula is C14H19BrN2O. The van der Waals surface area contributed by atoms with E-state index in [1.165, 1.54) is 5.56 Å². The normalized spacial score (nSPS) is 16.5. The van der Waals surface area contributed by atoms with Crippen LogP contribution in [0, 0.1) is 5.92 Å². The SMILES string of the molecule is O=C(NCCc1cccc(Br)c1)C1CCNCC1. The van der Waals surface area contributed by atoms with Crippen molar-refractivity contribution >= 4 is 21.8 Å². The first kappa shape index (κ1) is 13.6. The zero-order valence-corrected chi connectivity index (χ0v) is 12.0. The molecule has 98 valence electrons. The van der Waals surface area contributed by atoms with Crippen LogP contribution in [-0.4, -0.2) is 25.5 Å². The number of benzene rings is 1. The van der Waals surface area contributed by atoms with E-state index in [1.807, 2.05) is 12.1 Å². The number of halogens is 1. The van der Waals surface area contributed by atoms with Gasteiger partial charge >= 0.3 is 0 Å². The zero-order valence-electron chi connectivity index (χ0n) is 10.4. The first-order chi connectivity index (χ1) is 8.75. The zero-order chi connectivity index (χ0) is 12.8. The topological polar surface area (TPSA) is 41.1 Å². The summed E-state index contributed by atoms with van der Waals surface area (Å²) in [6, 6.07) is 8.21. The predicted molar refractivity (Wildman–Crippen MR) is 76.4 cm³/mol. The fourth-order valence-corrected chi connectivity index (χ4v) is 2.70. The van der Waals surface area contributed by atoms with Gasteiger partial charge in [-0.05, 0) is 50.0 Å². The molecule has 0 atom stereocenters. The van der Waals surface area contributed by atoms with E-state index in [4.69, 9.17) is 0 Å². The van der Waals surface area contributed by atoms with Gasteiger partial charge in [0.2, 0.25) is 5.91 Å². The lowest BCUT2D eigenvalue weighted by atomic mass is 9.97. The van der Waals surface area contributed by atoms with E-state index in [9.17, 15) is 4.79 Å². The lowest BCUT2D eigenvalue weighted by Crippen LogP contribution is -2.38. The molecule has 1 aliphatic rings. The summed E-state index contributed by atoms with van der Waals surface area (Å²) in [5, 5.41) is 6.31. The average molecular weight is 311 g/mol. The molecule has 1 fully saturated rings. The summed E-state index contributed by atoms with van der Waals surface area (Å²) in [6.07, 6.45) is 2.81. The molecule has 0 aliphatic carbocycles. The van der Waals surface area contributed by atoms with E-state index in [-0.39, 0.29) is 11.8 Å². The second kappa shape index (κ2) is 6.90. The van der Waals surface area contributed by atoms with Gasteiger partial charge in [-0.3, -0.25) is 4.79 Å². The van der Waals surface area contributed by atoms with Gasteiger partial charge < -0.3 is 10.6 Å². The smallest absolute Gasteiger partial charge is 0.223 e. The summed E-state index contributed by atoms with van der Waals surface area (Å²) in [7, 11) is 0. The largest absolute Gasteiger partial charge is 0.356 e. The molecule has 1 aliphatic heterocycles. The second-order valence-corrected chi connectivity index (χ2v) is 5.61. The van der Waals surface area contributed by atoms with E-state index < -0.39 is 0 Å². The molecule has 0 unspecified atom stereocenters. The van der Waals surface area contributed by atoms with Crippen LogP contribution >= 0.6 is 15.9 Å². The molecule has 1 heterocycles. The third-order valence-electron chi connectivity index (χ3n) is 3.31. The van der Waals surface area contributed by atoms with Crippen LogP contribution in [-0.2, 0) is 11.2 Å². The maximum Gasteiger partial charge on any atom is 0.223 e. The van der Waals surface area contributed by atoms with Crippen LogP contribution in [0.15, 0.2) is 28.7 Å². The van der Waals surface area contributed by atoms with E-state index in [0.29, 0.717) is 0 Å². The molecule has 18 heavy (non-hydrogen) atoms. The number of nitrogens with one attached hydrogen (secondary N) is 2. The van der Waals surface area contributed by atoms with E-state index in [2.05, 4.69) is 38.7 Å². The summed E-state index contributed by atoms with van der Waals surface area (Å²) in [5.41, 5.74) is 1.25. The number of hydrogen-bond donors (Lipinski definition) is 2. The van der Waals surface area contributed by atoms with Crippen molar-refractivity contribution < 1.29 is 4.79 Å². The molecule has 0 aromatic heterocycles. The Labute approximate surface area is 116 Å². The standard InChI is InChI=1S/C14H19BrN2O/c15-13-3-1-2-11(10-13)4-9-17-14(18)12-5-7-16-8-6-12/h1-3,10,12,16H,4-9H2,(H,17,18). The Kier molecular flexibility index (Phi) is 5.20. The maximum atomic E-state index is 11.9. The molecule has 0 bridgehead atoms. The van der Waals surface area contributed by atoms with E-state index in [1.54, 1.807) is 0 Å². The van der Waals surface area contributed by atoms with Crippen LogP contribution in [0.3, 0.4) is 0 Å². The van der Waals surface area contributed by atoms with Crippen LogP contribution < -0.4 is 10.6 Å². The number of hydrogen-bond acceptors (Lipinski definition) is 2. The van der Waals surface area contributed by atoms with Gasteiger partial charge in [-0.15, -0.1) is 0 Å². The third kappa shape index (κ3) is 4.10. The summed E-state index contributed by atoms with van der Waals surface area (Å²) >= 11 is 3.45. The van der Waals surface area contributed by atoms with Crippen molar-refractivity contribution in [3.63, 3.8) is 0 Å². The van der Waals surface area contributed by atoms with E-state index >= 15 is 0 Å². The predicted octanol–water partition coefficient (Wildman–Crippen LogP) is 2.11. The molecule has 0 radical (unpaired) electrons. The highest BCUT2D eigenvalue weighted by Gasteiger charge is 2.19. The Morgan fingerprint density at radius 2 is 2.17 bits per heavy atom. The molecule has 0 spiro atoms. The minimum absolute atomic E-state index is 0.203. The van der Waals surface area contributed by atoms with Gasteiger partial charge in [0, 0.05) is 16.9 Å². The molecule has 1 amide bonds. The van der Waals surface area contributed by atoms with E-state index in [0.717, 1.165) is 43.4 Å². The Balaban J connectivity index is 1.73. The lowest BCUT2D eigenvalue weighted by molar-refractivity contribution is -0.125. The van der Waals surface area contributed by atoms with Gasteiger partial charge in [0.25, 0.3) is 0 Å². The Morgan fingerprint density at radius 3 is 2.89 bits per heavy atom. The summed E-state index contributed by atoms with van der Waals surface area (Å²) in [4.78, 5) is 11.9. The molecule has 2 rings (SSSR count). The lowest BCUT2D eigenvalue weighted by Gasteiger charge is -2.21. The number of piperidine rings is 1. The van der Waals surface area contributed by atoms with Crippen LogP contribution in [0.2, 0.25) is 0 Å². The maximum absolute atomic E-state index is 11.9. The van der Waals surface area contributed by atoms with Gasteiger partial charge in [0.1, 0.15) is 0 Å². The Bertz CT molecular complexity index is 403. The molecule has 2 N–H and O–H groups in total. The third-order valence-corrected chi connectivity index (χ3v) is 3.81. The van der Waals surface area contributed by atoms with Crippen molar-refractivity contribution in [3.8, 4) is 0 Å². The quantitative estimate of drug-likeness (QED) is 0.894. The van der Waals surface area contributed by atoms with Crippen molar-refractivity contribution in [2.45, 2.75) is 19.3 Å². The van der Waals surface area contributed by atoms with Crippen molar-refractivity contribution in [1.82, 2.24) is 10.6 Å². The van der Waals surface area contributed by atoms with Crippen LogP contribution in [0.5, 0.6) is 0 Å². The molecule has 1 saturated heterocycles. The Hall–Kier alpha value is -0.870. The van der Waals surface area contributed by atoms with Gasteiger partial charge in [0.15, 0.2) is 0 Å². The monoisotopic (exact) mass is 310 g/mol. The average Bonchev–Trinajstić information content (AvgIpc) is 2.40. The van der Waals surface area contributed by atoms with Gasteiger partial charge in [-0.2, -0.15) is 0 Å². The van der Waals surface area contributed by atoms with Gasteiger partial charge in [0.05, 0.1) is 0 Å². The highest BCUT2D eigenvalue weighted by Crippen LogP contribution is 2.13. The summed E-state index contributed by atoms with van der Waals surface area (Å²) in [6.45, 7) is 2.65. The van der Waals surface area contributed by atoms with Gasteiger partial charge in [-0.25, -0.2) is 0 Å². The molecule has 1 aromatic carbocycles.